The zero-order chi connectivity index (χ0) is 34.8. The third-order valence-corrected chi connectivity index (χ3v) is 8.19. The van der Waals surface area contributed by atoms with Crippen molar-refractivity contribution in [2.75, 3.05) is 6.54 Å². The van der Waals surface area contributed by atoms with E-state index in [1.54, 1.807) is 20.8 Å². The van der Waals surface area contributed by atoms with Gasteiger partial charge in [-0.25, -0.2) is 4.79 Å². The van der Waals surface area contributed by atoms with E-state index in [-0.39, 0.29) is 31.7 Å². The SMILES string of the molecule is CC(Cc1c[nH]c2ccccc12)NC(=O)[C@H](CCCCN)N1C(=O)CC[C@@H](NC(=O)OC(C)(C)C)C(=O)N[C@H](Cc2ccccc2)C1=O. The number of imide groups is 1. The van der Waals surface area contributed by atoms with Crippen molar-refractivity contribution in [3.63, 3.8) is 0 Å². The fourth-order valence-corrected chi connectivity index (χ4v) is 5.93. The van der Waals surface area contributed by atoms with E-state index in [0.29, 0.717) is 25.8 Å². The first-order valence-corrected chi connectivity index (χ1v) is 16.6. The third-order valence-electron chi connectivity index (χ3n) is 8.19. The molecule has 1 unspecified atom stereocenters. The molecule has 1 aliphatic heterocycles. The van der Waals surface area contributed by atoms with E-state index in [1.165, 1.54) is 0 Å². The molecule has 4 atom stereocenters. The summed E-state index contributed by atoms with van der Waals surface area (Å²) in [5.41, 5.74) is 7.72. The van der Waals surface area contributed by atoms with E-state index in [4.69, 9.17) is 10.5 Å². The van der Waals surface area contributed by atoms with Gasteiger partial charge in [0.15, 0.2) is 0 Å². The molecule has 258 valence electrons. The minimum atomic E-state index is -1.18. The van der Waals surface area contributed by atoms with Crippen LogP contribution in [-0.4, -0.2) is 75.9 Å². The Morgan fingerprint density at radius 3 is 2.46 bits per heavy atom. The lowest BCUT2D eigenvalue weighted by atomic mass is 10.0. The van der Waals surface area contributed by atoms with Gasteiger partial charge in [-0.3, -0.25) is 24.1 Å². The fraction of sp³-hybridized carbons (Fsp3) is 0.472. The number of ether oxygens (including phenoxy) is 1. The lowest BCUT2D eigenvalue weighted by Crippen LogP contribution is -2.59. The predicted molar refractivity (Wildman–Crippen MR) is 183 cm³/mol. The number of amides is 5. The third kappa shape index (κ3) is 9.90. The normalized spacial score (nSPS) is 18.7. The van der Waals surface area contributed by atoms with Crippen LogP contribution in [0.15, 0.2) is 60.8 Å². The van der Waals surface area contributed by atoms with Crippen LogP contribution in [0.3, 0.4) is 0 Å². The Balaban J connectivity index is 1.62. The van der Waals surface area contributed by atoms with Crippen molar-refractivity contribution < 1.29 is 28.7 Å². The molecule has 1 fully saturated rings. The molecule has 2 heterocycles. The largest absolute Gasteiger partial charge is 0.444 e. The second-order valence-corrected chi connectivity index (χ2v) is 13.4. The maximum absolute atomic E-state index is 14.4. The number of unbranched alkanes of at least 4 members (excludes halogenated alkanes) is 1. The Morgan fingerprint density at radius 1 is 1.04 bits per heavy atom. The van der Waals surface area contributed by atoms with Crippen molar-refractivity contribution in [2.24, 2.45) is 5.73 Å². The van der Waals surface area contributed by atoms with Crippen molar-refractivity contribution >= 4 is 40.6 Å². The Bertz CT molecular complexity index is 1580. The molecule has 5 amide bonds. The van der Waals surface area contributed by atoms with E-state index < -0.39 is 53.4 Å². The van der Waals surface area contributed by atoms with E-state index in [1.807, 2.05) is 67.7 Å². The zero-order valence-corrected chi connectivity index (χ0v) is 28.2. The number of carbonyl (C=O) groups excluding carboxylic acids is 5. The highest BCUT2D eigenvalue weighted by molar-refractivity contribution is 6.04. The van der Waals surface area contributed by atoms with Gasteiger partial charge in [0, 0.05) is 36.0 Å². The first kappa shape index (κ1) is 36.1. The lowest BCUT2D eigenvalue weighted by Gasteiger charge is -2.33. The van der Waals surface area contributed by atoms with Gasteiger partial charge in [-0.05, 0) is 83.5 Å². The number of carbonyl (C=O) groups is 5. The quantitative estimate of drug-likeness (QED) is 0.146. The van der Waals surface area contributed by atoms with Crippen LogP contribution in [0.5, 0.6) is 0 Å². The van der Waals surface area contributed by atoms with Gasteiger partial charge in [0.25, 0.3) is 5.91 Å². The van der Waals surface area contributed by atoms with Gasteiger partial charge >= 0.3 is 6.09 Å². The molecule has 12 heteroatoms. The van der Waals surface area contributed by atoms with Crippen LogP contribution >= 0.6 is 0 Å². The number of para-hydroxylation sites is 1. The van der Waals surface area contributed by atoms with E-state index in [9.17, 15) is 24.0 Å². The topological polar surface area (TPSA) is 176 Å². The maximum Gasteiger partial charge on any atom is 0.408 e. The second-order valence-electron chi connectivity index (χ2n) is 13.4. The summed E-state index contributed by atoms with van der Waals surface area (Å²) in [4.78, 5) is 72.8. The average molecular weight is 661 g/mol. The minimum absolute atomic E-state index is 0.0719. The number of nitrogens with one attached hydrogen (secondary N) is 4. The molecule has 1 saturated heterocycles. The number of aromatic amines is 1. The number of benzene rings is 2. The molecule has 0 bridgehead atoms. The maximum atomic E-state index is 14.4. The number of rotatable bonds is 12. The number of aromatic nitrogens is 1. The van der Waals surface area contributed by atoms with Gasteiger partial charge < -0.3 is 31.4 Å². The monoisotopic (exact) mass is 660 g/mol. The van der Waals surface area contributed by atoms with Gasteiger partial charge in [-0.1, -0.05) is 48.5 Å². The number of H-pyrrole nitrogens is 1. The average Bonchev–Trinajstić information content (AvgIpc) is 3.44. The predicted octanol–water partition coefficient (Wildman–Crippen LogP) is 3.48. The van der Waals surface area contributed by atoms with Gasteiger partial charge in [0.2, 0.25) is 17.7 Å². The van der Waals surface area contributed by atoms with Crippen molar-refractivity contribution in [3.05, 3.63) is 71.9 Å². The molecule has 6 N–H and O–H groups in total. The first-order chi connectivity index (χ1) is 22.9. The molecule has 1 aromatic heterocycles. The Hall–Kier alpha value is -4.71. The van der Waals surface area contributed by atoms with Crippen molar-refractivity contribution in [1.82, 2.24) is 25.8 Å². The highest BCUT2D eigenvalue weighted by Crippen LogP contribution is 2.21. The van der Waals surface area contributed by atoms with Crippen molar-refractivity contribution in [2.45, 2.75) is 102 Å². The van der Waals surface area contributed by atoms with Crippen LogP contribution in [0.2, 0.25) is 0 Å². The Kier molecular flexibility index (Phi) is 12.4. The van der Waals surface area contributed by atoms with E-state index >= 15 is 0 Å². The number of hydrogen-bond acceptors (Lipinski definition) is 7. The van der Waals surface area contributed by atoms with Gasteiger partial charge in [0.1, 0.15) is 23.7 Å². The summed E-state index contributed by atoms with van der Waals surface area (Å²) in [6.07, 6.45) is 2.63. The van der Waals surface area contributed by atoms with Crippen LogP contribution in [-0.2, 0) is 36.8 Å². The summed E-state index contributed by atoms with van der Waals surface area (Å²) in [6.45, 7) is 7.36. The molecule has 0 spiro atoms. The van der Waals surface area contributed by atoms with Crippen LogP contribution in [0.25, 0.3) is 10.9 Å². The van der Waals surface area contributed by atoms with Gasteiger partial charge in [-0.15, -0.1) is 0 Å². The number of alkyl carbamates (subject to hydrolysis) is 1. The van der Waals surface area contributed by atoms with Gasteiger partial charge in [-0.2, -0.15) is 0 Å². The summed E-state index contributed by atoms with van der Waals surface area (Å²) in [6, 6.07) is 13.2. The summed E-state index contributed by atoms with van der Waals surface area (Å²) in [5.74, 6) is -2.38. The molecule has 1 aliphatic rings. The number of hydrogen-bond donors (Lipinski definition) is 5. The van der Waals surface area contributed by atoms with Gasteiger partial charge in [0.05, 0.1) is 0 Å². The highest BCUT2D eigenvalue weighted by atomic mass is 16.6. The van der Waals surface area contributed by atoms with Crippen LogP contribution in [0.4, 0.5) is 4.79 Å². The number of nitrogens with zero attached hydrogens (tertiary/aromatic N) is 1. The molecule has 3 aromatic rings. The smallest absolute Gasteiger partial charge is 0.408 e. The summed E-state index contributed by atoms with van der Waals surface area (Å²) < 4.78 is 5.35. The highest BCUT2D eigenvalue weighted by Gasteiger charge is 2.41. The molecule has 2 aromatic carbocycles. The molecule has 12 nitrogen and oxygen atoms in total. The zero-order valence-electron chi connectivity index (χ0n) is 28.2. The van der Waals surface area contributed by atoms with Crippen molar-refractivity contribution in [3.8, 4) is 0 Å². The lowest BCUT2D eigenvalue weighted by molar-refractivity contribution is -0.154. The van der Waals surface area contributed by atoms with E-state index in [0.717, 1.165) is 26.9 Å². The molecule has 4 rings (SSSR count). The molecule has 0 radical (unpaired) electrons. The van der Waals surface area contributed by atoms with E-state index in [2.05, 4.69) is 20.9 Å². The van der Waals surface area contributed by atoms with Crippen LogP contribution in [0.1, 0.15) is 70.9 Å². The molecule has 0 saturated carbocycles. The standard InChI is InChI=1S/C36H48N6O6/c1-23(20-25-22-38-27-15-9-8-14-26(25)27)39-33(45)30(16-10-11-19-37)42-31(43)18-17-28(41-35(47)48-36(2,3)4)32(44)40-29(34(42)46)21-24-12-6-5-7-13-24/h5-9,12-15,22-23,28-30,38H,10-11,16-21,37H2,1-4H3,(H,39,45)(H,40,44)(H,41,47)/t23?,28-,29-,30+/m1/s1. The summed E-state index contributed by atoms with van der Waals surface area (Å²) in [7, 11) is 0. The number of fused-ring (bicyclic) bond motifs is 1. The minimum Gasteiger partial charge on any atom is -0.444 e. The molecular formula is C36H48N6O6. The van der Waals surface area contributed by atoms with Crippen LogP contribution < -0.4 is 21.7 Å². The summed E-state index contributed by atoms with van der Waals surface area (Å²) in [5, 5.41) is 9.42. The fourth-order valence-electron chi connectivity index (χ4n) is 5.93. The Morgan fingerprint density at radius 2 is 1.75 bits per heavy atom. The first-order valence-electron chi connectivity index (χ1n) is 16.6. The Labute approximate surface area is 281 Å². The summed E-state index contributed by atoms with van der Waals surface area (Å²) >= 11 is 0. The molecular weight excluding hydrogens is 612 g/mol. The molecule has 48 heavy (non-hydrogen) atoms. The molecule has 0 aliphatic carbocycles. The second kappa shape index (κ2) is 16.4. The number of nitrogens with two attached hydrogens (primary N) is 1. The van der Waals surface area contributed by atoms with Crippen molar-refractivity contribution in [1.29, 1.82) is 0 Å². The van der Waals surface area contributed by atoms with Crippen LogP contribution in [0, 0.1) is 0 Å².